The SMILES string of the molecule is CC(=O)NCc1cc([N+](=O)[O-])ccc1C. The van der Waals surface area contributed by atoms with Crippen molar-refractivity contribution in [2.45, 2.75) is 20.4 Å². The average molecular weight is 208 g/mol. The molecule has 15 heavy (non-hydrogen) atoms. The van der Waals surface area contributed by atoms with Crippen molar-refractivity contribution in [2.75, 3.05) is 0 Å². The van der Waals surface area contributed by atoms with Crippen molar-refractivity contribution in [2.24, 2.45) is 0 Å². The number of nitrogens with one attached hydrogen (secondary N) is 1. The number of hydrogen-bond donors (Lipinski definition) is 1. The fraction of sp³-hybridized carbons (Fsp3) is 0.300. The molecule has 0 aliphatic heterocycles. The lowest BCUT2D eigenvalue weighted by Gasteiger charge is -2.05. The number of carbonyl (C=O) groups is 1. The Kier molecular flexibility index (Phi) is 3.38. The lowest BCUT2D eigenvalue weighted by Crippen LogP contribution is -2.19. The third-order valence-corrected chi connectivity index (χ3v) is 2.07. The first kappa shape index (κ1) is 11.2. The van der Waals surface area contributed by atoms with Gasteiger partial charge >= 0.3 is 0 Å². The second-order valence-corrected chi connectivity index (χ2v) is 3.28. The second kappa shape index (κ2) is 4.54. The number of nitrogens with zero attached hydrogens (tertiary/aromatic N) is 1. The molecule has 0 saturated heterocycles. The zero-order valence-electron chi connectivity index (χ0n) is 8.61. The largest absolute Gasteiger partial charge is 0.352 e. The maximum atomic E-state index is 10.7. The molecule has 5 nitrogen and oxygen atoms in total. The third-order valence-electron chi connectivity index (χ3n) is 2.07. The summed E-state index contributed by atoms with van der Waals surface area (Å²) in [6.07, 6.45) is 0. The van der Waals surface area contributed by atoms with Gasteiger partial charge in [0.25, 0.3) is 5.69 Å². The maximum absolute atomic E-state index is 10.7. The standard InChI is InChI=1S/C10H12N2O3/c1-7-3-4-10(12(14)15)5-9(7)6-11-8(2)13/h3-5H,6H2,1-2H3,(H,11,13). The zero-order chi connectivity index (χ0) is 11.4. The number of carbonyl (C=O) groups excluding carboxylic acids is 1. The van der Waals surface area contributed by atoms with Gasteiger partial charge in [0.1, 0.15) is 0 Å². The van der Waals surface area contributed by atoms with Gasteiger partial charge in [-0.1, -0.05) is 6.07 Å². The number of rotatable bonds is 3. The monoisotopic (exact) mass is 208 g/mol. The molecule has 5 heteroatoms. The number of benzene rings is 1. The Labute approximate surface area is 87.3 Å². The van der Waals surface area contributed by atoms with Crippen molar-refractivity contribution in [3.8, 4) is 0 Å². The Morgan fingerprint density at radius 1 is 1.53 bits per heavy atom. The highest BCUT2D eigenvalue weighted by atomic mass is 16.6. The van der Waals surface area contributed by atoms with Crippen molar-refractivity contribution in [1.82, 2.24) is 5.32 Å². The van der Waals surface area contributed by atoms with E-state index in [9.17, 15) is 14.9 Å². The van der Waals surface area contributed by atoms with Crippen LogP contribution in [0, 0.1) is 17.0 Å². The van der Waals surface area contributed by atoms with Gasteiger partial charge in [0.2, 0.25) is 5.91 Å². The molecule has 80 valence electrons. The molecular weight excluding hydrogens is 196 g/mol. The van der Waals surface area contributed by atoms with Crippen molar-refractivity contribution < 1.29 is 9.72 Å². The van der Waals surface area contributed by atoms with Crippen LogP contribution in [0.1, 0.15) is 18.1 Å². The quantitative estimate of drug-likeness (QED) is 0.604. The Morgan fingerprint density at radius 3 is 2.73 bits per heavy atom. The van der Waals surface area contributed by atoms with Crippen LogP contribution in [0.5, 0.6) is 0 Å². The van der Waals surface area contributed by atoms with E-state index in [1.54, 1.807) is 6.07 Å². The normalized spacial score (nSPS) is 9.73. The first-order valence-electron chi connectivity index (χ1n) is 4.49. The third kappa shape index (κ3) is 3.05. The summed E-state index contributed by atoms with van der Waals surface area (Å²) in [6, 6.07) is 4.60. The highest BCUT2D eigenvalue weighted by Crippen LogP contribution is 2.16. The van der Waals surface area contributed by atoms with Crippen molar-refractivity contribution in [3.05, 3.63) is 39.4 Å². The minimum Gasteiger partial charge on any atom is -0.352 e. The van der Waals surface area contributed by atoms with Crippen LogP contribution in [0.3, 0.4) is 0 Å². The maximum Gasteiger partial charge on any atom is 0.269 e. The fourth-order valence-corrected chi connectivity index (χ4v) is 1.18. The predicted molar refractivity (Wildman–Crippen MR) is 55.4 cm³/mol. The topological polar surface area (TPSA) is 72.2 Å². The summed E-state index contributed by atoms with van der Waals surface area (Å²) >= 11 is 0. The Morgan fingerprint density at radius 2 is 2.20 bits per heavy atom. The summed E-state index contributed by atoms with van der Waals surface area (Å²) in [6.45, 7) is 3.58. The molecule has 1 amide bonds. The van der Waals surface area contributed by atoms with E-state index in [0.29, 0.717) is 6.54 Å². The lowest BCUT2D eigenvalue weighted by atomic mass is 10.1. The van der Waals surface area contributed by atoms with E-state index in [2.05, 4.69) is 5.32 Å². The van der Waals surface area contributed by atoms with Crippen molar-refractivity contribution in [3.63, 3.8) is 0 Å². The summed E-state index contributed by atoms with van der Waals surface area (Å²) in [5, 5.41) is 13.1. The fourth-order valence-electron chi connectivity index (χ4n) is 1.18. The molecule has 0 saturated carbocycles. The first-order chi connectivity index (χ1) is 7.00. The number of hydrogen-bond acceptors (Lipinski definition) is 3. The first-order valence-corrected chi connectivity index (χ1v) is 4.49. The predicted octanol–water partition coefficient (Wildman–Crippen LogP) is 1.54. The molecule has 0 atom stereocenters. The van der Waals surface area contributed by atoms with Gasteiger partial charge in [-0.25, -0.2) is 0 Å². The van der Waals surface area contributed by atoms with Crippen molar-refractivity contribution >= 4 is 11.6 Å². The molecule has 0 heterocycles. The van der Waals surface area contributed by atoms with Gasteiger partial charge in [0.05, 0.1) is 4.92 Å². The van der Waals surface area contributed by atoms with E-state index in [1.807, 2.05) is 6.92 Å². The van der Waals surface area contributed by atoms with Crippen LogP contribution in [0.2, 0.25) is 0 Å². The summed E-state index contributed by atoms with van der Waals surface area (Å²) < 4.78 is 0. The minimum absolute atomic E-state index is 0.0425. The molecular formula is C10H12N2O3. The molecule has 0 aliphatic rings. The molecule has 0 unspecified atom stereocenters. The molecule has 1 aromatic carbocycles. The second-order valence-electron chi connectivity index (χ2n) is 3.28. The molecule has 0 spiro atoms. The minimum atomic E-state index is -0.448. The van der Waals surface area contributed by atoms with Gasteiger partial charge < -0.3 is 5.32 Å². The zero-order valence-corrected chi connectivity index (χ0v) is 8.61. The molecule has 0 bridgehead atoms. The number of aryl methyl sites for hydroxylation is 1. The van der Waals surface area contributed by atoms with Crippen LogP contribution in [0.15, 0.2) is 18.2 Å². The molecule has 0 aliphatic carbocycles. The molecule has 0 radical (unpaired) electrons. The number of non-ortho nitro benzene ring substituents is 1. The molecule has 1 rings (SSSR count). The van der Waals surface area contributed by atoms with Gasteiger partial charge in [-0.15, -0.1) is 0 Å². The van der Waals surface area contributed by atoms with Gasteiger partial charge in [-0.3, -0.25) is 14.9 Å². The van der Waals surface area contributed by atoms with Gasteiger partial charge in [-0.05, 0) is 18.1 Å². The number of nitro groups is 1. The highest BCUT2D eigenvalue weighted by Gasteiger charge is 2.08. The Hall–Kier alpha value is -1.91. The summed E-state index contributed by atoms with van der Waals surface area (Å²) in [4.78, 5) is 20.8. The number of nitro benzene ring substituents is 1. The van der Waals surface area contributed by atoms with E-state index >= 15 is 0 Å². The Bertz CT molecular complexity index is 402. The van der Waals surface area contributed by atoms with Gasteiger partial charge in [0.15, 0.2) is 0 Å². The van der Waals surface area contributed by atoms with Crippen LogP contribution in [0.25, 0.3) is 0 Å². The lowest BCUT2D eigenvalue weighted by molar-refractivity contribution is -0.384. The smallest absolute Gasteiger partial charge is 0.269 e. The van der Waals surface area contributed by atoms with Crippen LogP contribution < -0.4 is 5.32 Å². The van der Waals surface area contributed by atoms with E-state index in [0.717, 1.165) is 11.1 Å². The van der Waals surface area contributed by atoms with E-state index in [4.69, 9.17) is 0 Å². The molecule has 1 aromatic rings. The Balaban J connectivity index is 2.90. The molecule has 1 N–H and O–H groups in total. The average Bonchev–Trinajstić information content (AvgIpc) is 2.16. The highest BCUT2D eigenvalue weighted by molar-refractivity contribution is 5.72. The molecule has 0 aromatic heterocycles. The van der Waals surface area contributed by atoms with E-state index in [1.165, 1.54) is 19.1 Å². The van der Waals surface area contributed by atoms with Gasteiger partial charge in [0, 0.05) is 25.6 Å². The van der Waals surface area contributed by atoms with Crippen LogP contribution in [-0.2, 0) is 11.3 Å². The number of amides is 1. The summed E-state index contributed by atoms with van der Waals surface area (Å²) in [5.41, 5.74) is 1.73. The van der Waals surface area contributed by atoms with Crippen LogP contribution in [0.4, 0.5) is 5.69 Å². The molecule has 0 fully saturated rings. The van der Waals surface area contributed by atoms with E-state index < -0.39 is 4.92 Å². The van der Waals surface area contributed by atoms with E-state index in [-0.39, 0.29) is 11.6 Å². The van der Waals surface area contributed by atoms with Crippen molar-refractivity contribution in [1.29, 1.82) is 0 Å². The van der Waals surface area contributed by atoms with Crippen LogP contribution in [-0.4, -0.2) is 10.8 Å². The summed E-state index contributed by atoms with van der Waals surface area (Å²) in [5.74, 6) is -0.152. The van der Waals surface area contributed by atoms with Crippen LogP contribution >= 0.6 is 0 Å². The summed E-state index contributed by atoms with van der Waals surface area (Å²) in [7, 11) is 0. The van der Waals surface area contributed by atoms with Gasteiger partial charge in [-0.2, -0.15) is 0 Å².